The summed E-state index contributed by atoms with van der Waals surface area (Å²) in [6, 6.07) is 15.5. The van der Waals surface area contributed by atoms with Gasteiger partial charge in [-0.15, -0.1) is 0 Å². The number of benzene rings is 2. The number of halogens is 1. The van der Waals surface area contributed by atoms with Crippen molar-refractivity contribution in [3.8, 4) is 6.07 Å². The number of methoxy groups -OCH3 is 1. The fraction of sp³-hybridized carbons (Fsp3) is 0.320. The highest BCUT2D eigenvalue weighted by Gasteiger charge is 2.27. The van der Waals surface area contributed by atoms with Crippen molar-refractivity contribution in [2.45, 2.75) is 38.6 Å². The van der Waals surface area contributed by atoms with Gasteiger partial charge in [0.15, 0.2) is 0 Å². The molecule has 0 bridgehead atoms. The Morgan fingerprint density at radius 2 is 1.97 bits per heavy atom. The van der Waals surface area contributed by atoms with Gasteiger partial charge in [0.05, 0.1) is 19.2 Å². The van der Waals surface area contributed by atoms with E-state index in [1.807, 2.05) is 47.4 Å². The average molecular weight is 528 g/mol. The molecule has 2 aromatic rings. The van der Waals surface area contributed by atoms with Gasteiger partial charge in [-0.25, -0.2) is 4.79 Å². The third kappa shape index (κ3) is 6.17. The molecule has 160 valence electrons. The third-order valence-electron chi connectivity index (χ3n) is 5.51. The summed E-state index contributed by atoms with van der Waals surface area (Å²) in [5, 5.41) is 9.39. The first-order valence-electron chi connectivity index (χ1n) is 10.4. The third-order valence-corrected chi connectivity index (χ3v) is 6.45. The fourth-order valence-corrected chi connectivity index (χ4v) is 4.29. The molecule has 0 saturated heterocycles. The summed E-state index contributed by atoms with van der Waals surface area (Å²) in [4.78, 5) is 26.8. The van der Waals surface area contributed by atoms with Gasteiger partial charge in [-0.05, 0) is 76.9 Å². The van der Waals surface area contributed by atoms with Crippen LogP contribution in [0.1, 0.15) is 48.8 Å². The minimum Gasteiger partial charge on any atom is -0.466 e. The van der Waals surface area contributed by atoms with Gasteiger partial charge in [0.25, 0.3) is 0 Å². The monoisotopic (exact) mass is 528 g/mol. The zero-order valence-electron chi connectivity index (χ0n) is 17.5. The highest BCUT2D eigenvalue weighted by Crippen LogP contribution is 2.29. The van der Waals surface area contributed by atoms with Crippen molar-refractivity contribution in [1.82, 2.24) is 0 Å². The number of nitrogens with zero attached hydrogens (tertiary/aromatic N) is 2. The Morgan fingerprint density at radius 1 is 1.19 bits per heavy atom. The first-order chi connectivity index (χ1) is 15.0. The van der Waals surface area contributed by atoms with E-state index < -0.39 is 5.97 Å². The summed E-state index contributed by atoms with van der Waals surface area (Å²) in [7, 11) is 1.34. The fourth-order valence-electron chi connectivity index (χ4n) is 3.83. The SMILES string of the molecule is COC(=O)/C=C/c1cccc(N(Cc2ccc(I)c(C#N)c2)C(=O)C2CCCCC2)c1. The van der Waals surface area contributed by atoms with Crippen LogP contribution in [0.2, 0.25) is 0 Å². The van der Waals surface area contributed by atoms with E-state index in [-0.39, 0.29) is 11.8 Å². The van der Waals surface area contributed by atoms with Crippen molar-refractivity contribution < 1.29 is 14.3 Å². The molecule has 0 heterocycles. The van der Waals surface area contributed by atoms with E-state index in [2.05, 4.69) is 33.4 Å². The van der Waals surface area contributed by atoms with Crippen LogP contribution in [0.4, 0.5) is 5.69 Å². The van der Waals surface area contributed by atoms with E-state index >= 15 is 0 Å². The van der Waals surface area contributed by atoms with Gasteiger partial charge in [0.2, 0.25) is 5.91 Å². The molecule has 5 nitrogen and oxygen atoms in total. The van der Waals surface area contributed by atoms with Crippen LogP contribution in [0.25, 0.3) is 6.08 Å². The van der Waals surface area contributed by atoms with Crippen LogP contribution in [-0.2, 0) is 20.9 Å². The number of carbonyl (C=O) groups is 2. The Balaban J connectivity index is 1.94. The largest absolute Gasteiger partial charge is 0.466 e. The van der Waals surface area contributed by atoms with Crippen molar-refractivity contribution in [3.63, 3.8) is 0 Å². The molecule has 0 radical (unpaired) electrons. The average Bonchev–Trinajstić information content (AvgIpc) is 2.82. The number of hydrogen-bond donors (Lipinski definition) is 0. The van der Waals surface area contributed by atoms with Crippen LogP contribution in [0.5, 0.6) is 0 Å². The van der Waals surface area contributed by atoms with Crippen LogP contribution in [0.3, 0.4) is 0 Å². The van der Waals surface area contributed by atoms with E-state index in [1.165, 1.54) is 19.6 Å². The molecule has 0 unspecified atom stereocenters. The molecular weight excluding hydrogens is 503 g/mol. The van der Waals surface area contributed by atoms with Gasteiger partial charge in [-0.3, -0.25) is 4.79 Å². The predicted octanol–water partition coefficient (Wildman–Crippen LogP) is 5.46. The van der Waals surface area contributed by atoms with E-state index in [4.69, 9.17) is 0 Å². The summed E-state index contributed by atoms with van der Waals surface area (Å²) < 4.78 is 5.55. The van der Waals surface area contributed by atoms with E-state index in [0.29, 0.717) is 12.1 Å². The van der Waals surface area contributed by atoms with Crippen LogP contribution in [-0.4, -0.2) is 19.0 Å². The summed E-state index contributed by atoms with van der Waals surface area (Å²) in [5.74, 6) is -0.295. The molecule has 1 saturated carbocycles. The number of hydrogen-bond acceptors (Lipinski definition) is 4. The van der Waals surface area contributed by atoms with Gasteiger partial charge < -0.3 is 9.64 Å². The highest BCUT2D eigenvalue weighted by atomic mass is 127. The number of rotatable bonds is 6. The molecular formula is C25H25IN2O3. The molecule has 0 N–H and O–H groups in total. The van der Waals surface area contributed by atoms with Crippen molar-refractivity contribution >= 4 is 46.2 Å². The molecule has 0 aromatic heterocycles. The first kappa shape index (κ1) is 23.0. The van der Waals surface area contributed by atoms with E-state index in [9.17, 15) is 14.9 Å². The number of ether oxygens (including phenoxy) is 1. The summed E-state index contributed by atoms with van der Waals surface area (Å²) >= 11 is 2.14. The van der Waals surface area contributed by atoms with Gasteiger partial charge in [0.1, 0.15) is 6.07 Å². The van der Waals surface area contributed by atoms with Crippen LogP contribution in [0, 0.1) is 20.8 Å². The number of carbonyl (C=O) groups excluding carboxylic acids is 2. The molecule has 3 rings (SSSR count). The van der Waals surface area contributed by atoms with Crippen molar-refractivity contribution in [1.29, 1.82) is 5.26 Å². The maximum absolute atomic E-state index is 13.5. The zero-order chi connectivity index (χ0) is 22.2. The second-order valence-electron chi connectivity index (χ2n) is 7.64. The summed E-state index contributed by atoms with van der Waals surface area (Å²) in [5.41, 5.74) is 3.11. The Kier molecular flexibility index (Phi) is 8.24. The number of anilines is 1. The molecule has 1 aliphatic rings. The lowest BCUT2D eigenvalue weighted by Crippen LogP contribution is -2.36. The lowest BCUT2D eigenvalue weighted by molar-refractivity contribution is -0.134. The maximum Gasteiger partial charge on any atom is 0.330 e. The van der Waals surface area contributed by atoms with Gasteiger partial charge in [-0.1, -0.05) is 37.5 Å². The number of amides is 1. The number of nitriles is 1. The van der Waals surface area contributed by atoms with Gasteiger partial charge in [0, 0.05) is 21.3 Å². The predicted molar refractivity (Wildman–Crippen MR) is 129 cm³/mol. The van der Waals surface area contributed by atoms with Crippen molar-refractivity contribution in [2.75, 3.05) is 12.0 Å². The van der Waals surface area contributed by atoms with Crippen LogP contribution < -0.4 is 4.90 Å². The molecule has 1 amide bonds. The van der Waals surface area contributed by atoms with E-state index in [1.54, 1.807) is 6.08 Å². The molecule has 1 fully saturated rings. The smallest absolute Gasteiger partial charge is 0.330 e. The van der Waals surface area contributed by atoms with Crippen molar-refractivity contribution in [2.24, 2.45) is 5.92 Å². The molecule has 1 aliphatic carbocycles. The molecule has 2 aromatic carbocycles. The first-order valence-corrected chi connectivity index (χ1v) is 11.5. The Labute approximate surface area is 196 Å². The lowest BCUT2D eigenvalue weighted by Gasteiger charge is -2.30. The molecule has 6 heteroatoms. The van der Waals surface area contributed by atoms with Gasteiger partial charge in [-0.2, -0.15) is 5.26 Å². The molecule has 0 spiro atoms. The summed E-state index contributed by atoms with van der Waals surface area (Å²) in [6.45, 7) is 0.394. The second kappa shape index (κ2) is 11.1. The number of esters is 1. The normalized spacial score (nSPS) is 14.2. The Bertz CT molecular complexity index is 1020. The Morgan fingerprint density at radius 3 is 2.68 bits per heavy atom. The quantitative estimate of drug-likeness (QED) is 0.284. The second-order valence-corrected chi connectivity index (χ2v) is 8.80. The minimum atomic E-state index is -0.427. The van der Waals surface area contributed by atoms with E-state index in [0.717, 1.165) is 46.1 Å². The Hall–Kier alpha value is -2.66. The summed E-state index contributed by atoms with van der Waals surface area (Å²) in [6.07, 6.45) is 8.20. The lowest BCUT2D eigenvalue weighted by atomic mass is 9.88. The molecule has 0 aliphatic heterocycles. The van der Waals surface area contributed by atoms with Gasteiger partial charge >= 0.3 is 5.97 Å². The highest BCUT2D eigenvalue weighted by molar-refractivity contribution is 14.1. The topological polar surface area (TPSA) is 70.4 Å². The zero-order valence-corrected chi connectivity index (χ0v) is 19.7. The standard InChI is InChI=1S/C25H25IN2O3/c1-31-24(29)13-11-18-6-5-9-22(15-18)28(25(30)20-7-3-2-4-8-20)17-19-10-12-23(26)21(14-19)16-27/h5-6,9-15,20H,2-4,7-8,17H2,1H3/b13-11+. The maximum atomic E-state index is 13.5. The van der Waals surface area contributed by atoms with Crippen LogP contribution >= 0.6 is 22.6 Å². The minimum absolute atomic E-state index is 0.0160. The van der Waals surface area contributed by atoms with Crippen LogP contribution in [0.15, 0.2) is 48.5 Å². The molecule has 0 atom stereocenters. The molecule has 31 heavy (non-hydrogen) atoms. The van der Waals surface area contributed by atoms with Crippen molar-refractivity contribution in [3.05, 3.63) is 68.8 Å².